The summed E-state index contributed by atoms with van der Waals surface area (Å²) < 4.78 is 1.47. The van der Waals surface area contributed by atoms with Crippen molar-refractivity contribution in [1.82, 2.24) is 9.55 Å². The molecule has 1 heterocycles. The van der Waals surface area contributed by atoms with Crippen LogP contribution in [0.25, 0.3) is 5.69 Å². The van der Waals surface area contributed by atoms with Crippen LogP contribution >= 0.6 is 11.8 Å². The van der Waals surface area contributed by atoms with E-state index in [1.165, 1.54) is 16.3 Å². The van der Waals surface area contributed by atoms with Gasteiger partial charge in [0, 0.05) is 11.8 Å². The smallest absolute Gasteiger partial charge is 0.858 e. The van der Waals surface area contributed by atoms with Gasteiger partial charge in [0.2, 0.25) is 0 Å². The second kappa shape index (κ2) is 8.82. The first-order chi connectivity index (χ1) is 10.7. The van der Waals surface area contributed by atoms with Crippen LogP contribution in [0.1, 0.15) is 5.56 Å². The normalized spacial score (nSPS) is 10.1. The molecule has 0 aliphatic heterocycles. The van der Waals surface area contributed by atoms with Gasteiger partial charge in [0.15, 0.2) is 5.16 Å². The van der Waals surface area contributed by atoms with E-state index in [-0.39, 0.29) is 56.9 Å². The van der Waals surface area contributed by atoms with Gasteiger partial charge >= 0.3 is 51.4 Å². The molecule has 0 aliphatic carbocycles. The molecule has 0 fully saturated rings. The summed E-state index contributed by atoms with van der Waals surface area (Å²) in [5.74, 6) is 0.136. The average molecular weight is 348 g/mol. The van der Waals surface area contributed by atoms with Gasteiger partial charge in [-0.1, -0.05) is 60.3 Å². The second-order valence-electron chi connectivity index (χ2n) is 4.66. The molecule has 0 radical (unpaired) electrons. The van der Waals surface area contributed by atoms with Crippen molar-refractivity contribution in [3.05, 3.63) is 82.6 Å². The summed E-state index contributed by atoms with van der Waals surface area (Å²) in [6.45, 7) is 0. The number of nitrogens with zero attached hydrogens (tertiary/aromatic N) is 2. The van der Waals surface area contributed by atoms with Crippen molar-refractivity contribution in [2.24, 2.45) is 0 Å². The van der Waals surface area contributed by atoms with Crippen LogP contribution in [0, 0.1) is 0 Å². The Morgan fingerprint density at radius 3 is 2.26 bits per heavy atom. The standard InChI is InChI=1S/C17H14N2O2S.K/c20-15-11-16(21)19(14-9-5-2-6-10-14)17(18-15)22-12-13-7-3-1-4-8-13;/h1-11,20H,12H2;/q;+1/p-1. The molecule has 0 spiro atoms. The van der Waals surface area contributed by atoms with Crippen LogP contribution in [0.2, 0.25) is 0 Å². The number of hydrogen-bond acceptors (Lipinski definition) is 4. The van der Waals surface area contributed by atoms with Gasteiger partial charge in [-0.05, 0) is 23.6 Å². The molecule has 4 nitrogen and oxygen atoms in total. The molecular formula is C17H13KN2O2S. The largest absolute Gasteiger partial charge is 1.00 e. The van der Waals surface area contributed by atoms with Crippen molar-refractivity contribution in [2.45, 2.75) is 10.9 Å². The third-order valence-electron chi connectivity index (χ3n) is 3.09. The second-order valence-corrected chi connectivity index (χ2v) is 5.60. The molecule has 0 saturated carbocycles. The Bertz CT molecular complexity index is 823. The molecule has 0 saturated heterocycles. The van der Waals surface area contributed by atoms with Gasteiger partial charge in [0.1, 0.15) is 0 Å². The van der Waals surface area contributed by atoms with Gasteiger partial charge in [0.25, 0.3) is 5.56 Å². The zero-order valence-corrected chi connectivity index (χ0v) is 16.6. The molecule has 2 aromatic carbocycles. The summed E-state index contributed by atoms with van der Waals surface area (Å²) in [5.41, 5.74) is 1.45. The monoisotopic (exact) mass is 348 g/mol. The zero-order chi connectivity index (χ0) is 15.4. The topological polar surface area (TPSA) is 57.9 Å². The van der Waals surface area contributed by atoms with E-state index in [0.717, 1.165) is 11.6 Å². The Kier molecular flexibility index (Phi) is 7.07. The van der Waals surface area contributed by atoms with E-state index in [4.69, 9.17) is 0 Å². The molecule has 0 bridgehead atoms. The van der Waals surface area contributed by atoms with E-state index in [1.807, 2.05) is 60.7 Å². The van der Waals surface area contributed by atoms with Gasteiger partial charge in [-0.15, -0.1) is 0 Å². The zero-order valence-electron chi connectivity index (χ0n) is 12.7. The summed E-state index contributed by atoms with van der Waals surface area (Å²) in [4.78, 5) is 16.2. The summed E-state index contributed by atoms with van der Waals surface area (Å²) in [6, 6.07) is 20.1. The van der Waals surface area contributed by atoms with Crippen molar-refractivity contribution in [3.8, 4) is 11.6 Å². The number of benzene rings is 2. The van der Waals surface area contributed by atoms with Gasteiger partial charge < -0.3 is 5.11 Å². The minimum Gasteiger partial charge on any atom is -0.858 e. The van der Waals surface area contributed by atoms with E-state index in [1.54, 1.807) is 0 Å². The van der Waals surface area contributed by atoms with E-state index < -0.39 is 5.88 Å². The summed E-state index contributed by atoms with van der Waals surface area (Å²) in [6.07, 6.45) is 0. The maximum atomic E-state index is 12.2. The van der Waals surface area contributed by atoms with Crippen LogP contribution in [0.4, 0.5) is 0 Å². The molecule has 0 aliphatic rings. The van der Waals surface area contributed by atoms with Crippen LogP contribution in [0.15, 0.2) is 76.7 Å². The quantitative estimate of drug-likeness (QED) is 0.366. The molecule has 0 atom stereocenters. The van der Waals surface area contributed by atoms with Gasteiger partial charge in [-0.2, -0.15) is 0 Å². The Balaban J connectivity index is 0.00000192. The Morgan fingerprint density at radius 1 is 1.00 bits per heavy atom. The molecule has 23 heavy (non-hydrogen) atoms. The minimum atomic E-state index is -0.507. The van der Waals surface area contributed by atoms with E-state index in [0.29, 0.717) is 16.6 Å². The third-order valence-corrected chi connectivity index (χ3v) is 4.10. The fourth-order valence-corrected chi connectivity index (χ4v) is 3.04. The number of rotatable bonds is 4. The van der Waals surface area contributed by atoms with Crippen molar-refractivity contribution >= 4 is 11.8 Å². The first-order valence-corrected chi connectivity index (χ1v) is 7.76. The van der Waals surface area contributed by atoms with Crippen LogP contribution in [0.5, 0.6) is 5.88 Å². The molecule has 3 aromatic rings. The Labute approximate surface area is 181 Å². The van der Waals surface area contributed by atoms with Gasteiger partial charge in [0.05, 0.1) is 5.69 Å². The Morgan fingerprint density at radius 2 is 1.61 bits per heavy atom. The predicted octanol–water partition coefficient (Wildman–Crippen LogP) is -0.398. The van der Waals surface area contributed by atoms with E-state index >= 15 is 0 Å². The maximum absolute atomic E-state index is 12.2. The third kappa shape index (κ3) is 4.79. The summed E-state index contributed by atoms with van der Waals surface area (Å²) >= 11 is 1.38. The number of thioether (sulfide) groups is 1. The molecule has 1 aromatic heterocycles. The van der Waals surface area contributed by atoms with Crippen LogP contribution in [-0.2, 0) is 5.75 Å². The summed E-state index contributed by atoms with van der Waals surface area (Å²) in [5, 5.41) is 12.0. The molecule has 0 amide bonds. The predicted molar refractivity (Wildman–Crippen MR) is 85.3 cm³/mol. The van der Waals surface area contributed by atoms with Crippen LogP contribution < -0.4 is 62.1 Å². The number of para-hydroxylation sites is 1. The molecule has 0 N–H and O–H groups in total. The molecule has 110 valence electrons. The number of hydrogen-bond donors (Lipinski definition) is 0. The minimum absolute atomic E-state index is 0. The fourth-order valence-electron chi connectivity index (χ4n) is 2.07. The van der Waals surface area contributed by atoms with Crippen LogP contribution in [0.3, 0.4) is 0 Å². The van der Waals surface area contributed by atoms with Gasteiger partial charge in [-0.25, -0.2) is 4.98 Å². The summed E-state index contributed by atoms with van der Waals surface area (Å²) in [7, 11) is 0. The first kappa shape index (κ1) is 18.4. The van der Waals surface area contributed by atoms with E-state index in [9.17, 15) is 9.90 Å². The molecular weight excluding hydrogens is 335 g/mol. The van der Waals surface area contributed by atoms with Crippen molar-refractivity contribution in [3.63, 3.8) is 0 Å². The average Bonchev–Trinajstić information content (AvgIpc) is 2.54. The number of aromatic nitrogens is 2. The first-order valence-electron chi connectivity index (χ1n) is 6.77. The maximum Gasteiger partial charge on any atom is 1.00 e. The van der Waals surface area contributed by atoms with Gasteiger partial charge in [-0.3, -0.25) is 9.36 Å². The fraction of sp³-hybridized carbons (Fsp3) is 0.0588. The van der Waals surface area contributed by atoms with Crippen molar-refractivity contribution < 1.29 is 56.5 Å². The molecule has 6 heteroatoms. The van der Waals surface area contributed by atoms with E-state index in [2.05, 4.69) is 4.98 Å². The van der Waals surface area contributed by atoms with Crippen molar-refractivity contribution in [1.29, 1.82) is 0 Å². The van der Waals surface area contributed by atoms with Crippen molar-refractivity contribution in [2.75, 3.05) is 0 Å². The Hall–Kier alpha value is -0.894. The molecule has 3 rings (SSSR count). The van der Waals surface area contributed by atoms with Crippen LogP contribution in [-0.4, -0.2) is 9.55 Å². The SMILES string of the molecule is O=c1cc([O-])nc(SCc2ccccc2)n1-c1ccccc1.[K+]. The molecule has 0 unspecified atom stereocenters.